The maximum Gasteiger partial charge on any atom is 0.223 e. The molecular weight excluding hydrogens is 330 g/mol. The maximum atomic E-state index is 5.92. The van der Waals surface area contributed by atoms with Crippen molar-refractivity contribution < 1.29 is 4.42 Å². The van der Waals surface area contributed by atoms with Crippen molar-refractivity contribution in [2.24, 2.45) is 4.99 Å². The van der Waals surface area contributed by atoms with Crippen molar-refractivity contribution in [1.82, 2.24) is 0 Å². The fraction of sp³-hybridized carbons (Fsp3) is 0.0800. The van der Waals surface area contributed by atoms with Gasteiger partial charge in [0.05, 0.1) is 0 Å². The normalized spacial score (nSPS) is 11.7. The lowest BCUT2D eigenvalue weighted by atomic mass is 9.98. The van der Waals surface area contributed by atoms with Gasteiger partial charge in [0.1, 0.15) is 5.58 Å². The van der Waals surface area contributed by atoms with Gasteiger partial charge in [-0.3, -0.25) is 0 Å². The Morgan fingerprint density at radius 3 is 2.33 bits per heavy atom. The molecular formula is C25H21NO. The summed E-state index contributed by atoms with van der Waals surface area (Å²) in [6.45, 7) is 8.28. The number of para-hydroxylation sites is 1. The average molecular weight is 351 g/mol. The van der Waals surface area contributed by atoms with Crippen LogP contribution in [-0.4, -0.2) is 5.71 Å². The minimum absolute atomic E-state index is 0.647. The van der Waals surface area contributed by atoms with Crippen molar-refractivity contribution in [1.29, 1.82) is 0 Å². The Hall–Kier alpha value is -3.39. The Morgan fingerprint density at radius 1 is 0.852 bits per heavy atom. The van der Waals surface area contributed by atoms with Gasteiger partial charge < -0.3 is 4.42 Å². The number of fused-ring (bicyclic) bond motifs is 1. The van der Waals surface area contributed by atoms with E-state index >= 15 is 0 Å². The molecule has 27 heavy (non-hydrogen) atoms. The van der Waals surface area contributed by atoms with Gasteiger partial charge in [0.2, 0.25) is 5.88 Å². The summed E-state index contributed by atoms with van der Waals surface area (Å²) in [6, 6.07) is 26.8. The number of aryl methyl sites for hydroxylation is 1. The van der Waals surface area contributed by atoms with E-state index in [9.17, 15) is 0 Å². The number of furan rings is 1. The summed E-state index contributed by atoms with van der Waals surface area (Å²) in [6.07, 6.45) is 0. The van der Waals surface area contributed by atoms with Crippen LogP contribution in [0.1, 0.15) is 18.1 Å². The van der Waals surface area contributed by atoms with Crippen LogP contribution >= 0.6 is 0 Å². The first-order chi connectivity index (χ1) is 13.1. The first-order valence-corrected chi connectivity index (χ1v) is 9.02. The van der Waals surface area contributed by atoms with Gasteiger partial charge in [-0.05, 0) is 48.2 Å². The summed E-state index contributed by atoms with van der Waals surface area (Å²) in [5.74, 6) is 0.647. The molecule has 132 valence electrons. The molecule has 0 N–H and O–H groups in total. The third-order valence-electron chi connectivity index (χ3n) is 4.84. The lowest BCUT2D eigenvalue weighted by molar-refractivity contribution is 0.623. The molecule has 0 saturated carbocycles. The third kappa shape index (κ3) is 3.34. The first-order valence-electron chi connectivity index (χ1n) is 9.02. The number of hydrogen-bond donors (Lipinski definition) is 0. The van der Waals surface area contributed by atoms with Crippen LogP contribution in [0.2, 0.25) is 0 Å². The zero-order valence-corrected chi connectivity index (χ0v) is 15.6. The van der Waals surface area contributed by atoms with Crippen molar-refractivity contribution >= 4 is 28.1 Å². The Labute approximate surface area is 159 Å². The number of allylic oxidation sites excluding steroid dienone is 1. The van der Waals surface area contributed by atoms with Crippen LogP contribution in [0, 0.1) is 6.92 Å². The molecule has 0 unspecified atom stereocenters. The second-order valence-electron chi connectivity index (χ2n) is 6.65. The molecule has 0 atom stereocenters. The fourth-order valence-electron chi connectivity index (χ4n) is 3.21. The Morgan fingerprint density at radius 2 is 1.56 bits per heavy atom. The lowest BCUT2D eigenvalue weighted by Crippen LogP contribution is -1.95. The second-order valence-corrected chi connectivity index (χ2v) is 6.65. The van der Waals surface area contributed by atoms with Gasteiger partial charge in [0.25, 0.3) is 0 Å². The maximum absolute atomic E-state index is 5.92. The van der Waals surface area contributed by atoms with Crippen molar-refractivity contribution in [2.75, 3.05) is 0 Å². The molecule has 0 bridgehead atoms. The van der Waals surface area contributed by atoms with Crippen LogP contribution < -0.4 is 0 Å². The van der Waals surface area contributed by atoms with E-state index in [1.807, 2.05) is 50.2 Å². The van der Waals surface area contributed by atoms with Gasteiger partial charge >= 0.3 is 0 Å². The molecule has 3 aromatic carbocycles. The lowest BCUT2D eigenvalue weighted by Gasteiger charge is -2.08. The van der Waals surface area contributed by atoms with E-state index in [1.54, 1.807) is 0 Å². The quantitative estimate of drug-likeness (QED) is 0.356. The minimum atomic E-state index is 0.647. The molecule has 1 heterocycles. The average Bonchev–Trinajstić information content (AvgIpc) is 3.04. The second kappa shape index (κ2) is 7.08. The summed E-state index contributed by atoms with van der Waals surface area (Å²) < 4.78 is 5.92. The number of aliphatic imine (C=N–C) groups is 1. The zero-order chi connectivity index (χ0) is 18.8. The van der Waals surface area contributed by atoms with E-state index in [0.29, 0.717) is 5.88 Å². The molecule has 0 amide bonds. The van der Waals surface area contributed by atoms with Gasteiger partial charge in [0, 0.05) is 16.7 Å². The SMILES string of the molecule is C=C(/C(C)=N\c1oc2ccccc2c1C)c1cccc(-c2ccccc2)c1. The highest BCUT2D eigenvalue weighted by atomic mass is 16.3. The van der Waals surface area contributed by atoms with Gasteiger partial charge in [-0.25, -0.2) is 4.99 Å². The molecule has 4 aromatic rings. The summed E-state index contributed by atoms with van der Waals surface area (Å²) >= 11 is 0. The first kappa shape index (κ1) is 17.0. The van der Waals surface area contributed by atoms with Gasteiger partial charge in [-0.1, -0.05) is 73.3 Å². The molecule has 0 aliphatic rings. The van der Waals surface area contributed by atoms with Gasteiger partial charge in [-0.2, -0.15) is 0 Å². The van der Waals surface area contributed by atoms with Crippen LogP contribution in [0.3, 0.4) is 0 Å². The standard InChI is InChI=1S/C25H21NO/c1-17(21-12-9-13-22(16-21)20-10-5-4-6-11-20)19(3)26-25-18(2)23-14-7-8-15-24(23)27-25/h4-16H,1H2,2-3H3/b26-19-. The van der Waals surface area contributed by atoms with Crippen molar-refractivity contribution in [3.63, 3.8) is 0 Å². The molecule has 2 nitrogen and oxygen atoms in total. The van der Waals surface area contributed by atoms with Crippen LogP contribution in [0.5, 0.6) is 0 Å². The smallest absolute Gasteiger partial charge is 0.223 e. The van der Waals surface area contributed by atoms with Crippen molar-refractivity contribution in [3.05, 3.63) is 96.6 Å². The highest BCUT2D eigenvalue weighted by Gasteiger charge is 2.11. The number of rotatable bonds is 4. The number of hydrogen-bond acceptors (Lipinski definition) is 2. The van der Waals surface area contributed by atoms with E-state index in [0.717, 1.165) is 33.4 Å². The molecule has 2 heteroatoms. The Balaban J connectivity index is 1.68. The van der Waals surface area contributed by atoms with E-state index in [1.165, 1.54) is 11.1 Å². The Bertz CT molecular complexity index is 1150. The number of benzene rings is 3. The molecule has 0 radical (unpaired) electrons. The van der Waals surface area contributed by atoms with E-state index in [-0.39, 0.29) is 0 Å². The summed E-state index contributed by atoms with van der Waals surface area (Å²) in [7, 11) is 0. The number of nitrogens with zero attached hydrogens (tertiary/aromatic N) is 1. The summed E-state index contributed by atoms with van der Waals surface area (Å²) in [5.41, 5.74) is 7.08. The predicted octanol–water partition coefficient (Wildman–Crippen LogP) is 7.21. The van der Waals surface area contributed by atoms with Crippen LogP contribution in [0.4, 0.5) is 5.88 Å². The van der Waals surface area contributed by atoms with Crippen molar-refractivity contribution in [3.8, 4) is 11.1 Å². The molecule has 4 rings (SSSR count). The minimum Gasteiger partial charge on any atom is -0.438 e. The van der Waals surface area contributed by atoms with E-state index in [2.05, 4.69) is 49.0 Å². The van der Waals surface area contributed by atoms with Crippen LogP contribution in [0.15, 0.2) is 94.9 Å². The summed E-state index contributed by atoms with van der Waals surface area (Å²) in [5, 5.41) is 1.10. The van der Waals surface area contributed by atoms with Gasteiger partial charge in [-0.15, -0.1) is 0 Å². The molecule has 0 aliphatic heterocycles. The molecule has 0 saturated heterocycles. The highest BCUT2D eigenvalue weighted by Crippen LogP contribution is 2.32. The van der Waals surface area contributed by atoms with E-state index in [4.69, 9.17) is 9.41 Å². The zero-order valence-electron chi connectivity index (χ0n) is 15.6. The largest absolute Gasteiger partial charge is 0.438 e. The Kier molecular flexibility index (Phi) is 4.47. The van der Waals surface area contributed by atoms with E-state index < -0.39 is 0 Å². The molecule has 0 aliphatic carbocycles. The fourth-order valence-corrected chi connectivity index (χ4v) is 3.21. The predicted molar refractivity (Wildman–Crippen MR) is 115 cm³/mol. The van der Waals surface area contributed by atoms with Crippen LogP contribution in [0.25, 0.3) is 27.7 Å². The van der Waals surface area contributed by atoms with Gasteiger partial charge in [0.15, 0.2) is 0 Å². The third-order valence-corrected chi connectivity index (χ3v) is 4.84. The molecule has 1 aromatic heterocycles. The monoisotopic (exact) mass is 351 g/mol. The molecule has 0 spiro atoms. The summed E-state index contributed by atoms with van der Waals surface area (Å²) in [4.78, 5) is 4.72. The topological polar surface area (TPSA) is 25.5 Å². The van der Waals surface area contributed by atoms with Crippen LogP contribution in [-0.2, 0) is 0 Å². The highest BCUT2D eigenvalue weighted by molar-refractivity contribution is 6.22. The molecule has 0 fully saturated rings. The van der Waals surface area contributed by atoms with Crippen molar-refractivity contribution in [2.45, 2.75) is 13.8 Å².